The van der Waals surface area contributed by atoms with Crippen LogP contribution in [0.15, 0.2) is 30.3 Å². The van der Waals surface area contributed by atoms with E-state index in [4.69, 9.17) is 9.05 Å². The van der Waals surface area contributed by atoms with Gasteiger partial charge in [-0.1, -0.05) is 0 Å². The van der Waals surface area contributed by atoms with Gasteiger partial charge in [0, 0.05) is 0 Å². The van der Waals surface area contributed by atoms with Gasteiger partial charge in [0.25, 0.3) is 0 Å². The summed E-state index contributed by atoms with van der Waals surface area (Å²) in [5.74, 6) is 0. The molecular formula is C13H19F2O3PSe. The van der Waals surface area contributed by atoms with Crippen molar-refractivity contribution in [1.82, 2.24) is 0 Å². The van der Waals surface area contributed by atoms with Crippen LogP contribution in [-0.2, 0) is 13.6 Å². The van der Waals surface area contributed by atoms with Gasteiger partial charge in [-0.05, 0) is 0 Å². The summed E-state index contributed by atoms with van der Waals surface area (Å²) in [5, 5.41) is 0. The topological polar surface area (TPSA) is 35.5 Å². The summed E-state index contributed by atoms with van der Waals surface area (Å²) >= 11 is -1.33. The standard InChI is InChI=1S/C13H19F2O3PSe/c1-10(2)17-19(16,18-11(3)4)13(14,15)20-12-8-6-5-7-9-12/h5-11H,1-4H3. The van der Waals surface area contributed by atoms with Crippen molar-refractivity contribution in [2.75, 3.05) is 0 Å². The molecule has 0 heterocycles. The Kier molecular flexibility index (Phi) is 6.36. The normalized spacial score (nSPS) is 13.2. The third-order valence-corrected chi connectivity index (χ3v) is 7.50. The van der Waals surface area contributed by atoms with Crippen LogP contribution in [0, 0.1) is 0 Å². The minimum absolute atomic E-state index is 0.449. The van der Waals surface area contributed by atoms with Crippen molar-refractivity contribution in [3.05, 3.63) is 30.3 Å². The molecule has 0 saturated carbocycles. The van der Waals surface area contributed by atoms with Crippen molar-refractivity contribution in [2.45, 2.75) is 44.5 Å². The average molecular weight is 371 g/mol. The minimum atomic E-state index is -4.51. The SMILES string of the molecule is CC(C)OP(=O)(OC(C)C)C(F)(F)[Se]c1ccccc1. The van der Waals surface area contributed by atoms with Crippen LogP contribution >= 0.6 is 7.60 Å². The molecule has 0 unspecified atom stereocenters. The molecule has 0 amide bonds. The fourth-order valence-corrected chi connectivity index (χ4v) is 5.91. The molecule has 0 radical (unpaired) electrons. The van der Waals surface area contributed by atoms with E-state index in [1.165, 1.54) is 0 Å². The molecule has 0 spiro atoms. The Morgan fingerprint density at radius 3 is 1.90 bits per heavy atom. The first-order valence-electron chi connectivity index (χ1n) is 6.25. The Bertz CT molecular complexity index is 452. The fraction of sp³-hybridized carbons (Fsp3) is 0.538. The first-order chi connectivity index (χ1) is 9.16. The monoisotopic (exact) mass is 372 g/mol. The van der Waals surface area contributed by atoms with Crippen LogP contribution < -0.4 is 4.46 Å². The van der Waals surface area contributed by atoms with Crippen LogP contribution in [0.2, 0.25) is 0 Å². The van der Waals surface area contributed by atoms with Crippen LogP contribution in [0.3, 0.4) is 0 Å². The number of hydrogen-bond acceptors (Lipinski definition) is 3. The molecule has 1 rings (SSSR count). The number of benzene rings is 1. The molecule has 0 aliphatic rings. The Hall–Kier alpha value is -0.251. The summed E-state index contributed by atoms with van der Waals surface area (Å²) < 4.78 is 48.2. The van der Waals surface area contributed by atoms with E-state index in [0.717, 1.165) is 0 Å². The number of alkyl halides is 2. The predicted molar refractivity (Wildman–Crippen MR) is 76.8 cm³/mol. The molecule has 0 aromatic heterocycles. The molecule has 0 saturated heterocycles. The molecule has 7 heteroatoms. The first-order valence-corrected chi connectivity index (χ1v) is 9.50. The molecule has 0 atom stereocenters. The second kappa shape index (κ2) is 7.15. The maximum absolute atomic E-state index is 14.4. The van der Waals surface area contributed by atoms with Crippen LogP contribution in [0.4, 0.5) is 8.78 Å². The van der Waals surface area contributed by atoms with Gasteiger partial charge in [-0.15, -0.1) is 0 Å². The molecule has 114 valence electrons. The Labute approximate surface area is 124 Å². The molecule has 0 aliphatic heterocycles. The van der Waals surface area contributed by atoms with Crippen molar-refractivity contribution >= 4 is 27.0 Å². The van der Waals surface area contributed by atoms with Crippen LogP contribution in [0.5, 0.6) is 0 Å². The zero-order valence-corrected chi connectivity index (χ0v) is 14.5. The summed E-state index contributed by atoms with van der Waals surface area (Å²) in [7, 11) is -4.51. The van der Waals surface area contributed by atoms with Crippen LogP contribution in [-0.4, -0.2) is 31.7 Å². The summed E-state index contributed by atoms with van der Waals surface area (Å²) in [4.78, 5) is 0. The number of hydrogen-bond donors (Lipinski definition) is 0. The number of halogens is 2. The van der Waals surface area contributed by atoms with Crippen molar-refractivity contribution in [3.63, 3.8) is 0 Å². The van der Waals surface area contributed by atoms with Gasteiger partial charge in [0.2, 0.25) is 0 Å². The van der Waals surface area contributed by atoms with E-state index >= 15 is 0 Å². The van der Waals surface area contributed by atoms with Crippen molar-refractivity contribution in [2.24, 2.45) is 0 Å². The third-order valence-electron chi connectivity index (χ3n) is 2.00. The summed E-state index contributed by atoms with van der Waals surface area (Å²) in [6.45, 7) is 6.23. The summed E-state index contributed by atoms with van der Waals surface area (Å²) in [5.41, 5.74) is 0. The molecule has 20 heavy (non-hydrogen) atoms. The van der Waals surface area contributed by atoms with Gasteiger partial charge in [0.1, 0.15) is 0 Å². The molecule has 0 fully saturated rings. The van der Waals surface area contributed by atoms with E-state index in [2.05, 4.69) is 0 Å². The van der Waals surface area contributed by atoms with Gasteiger partial charge in [0.15, 0.2) is 0 Å². The molecular weight excluding hydrogens is 352 g/mol. The van der Waals surface area contributed by atoms with E-state index in [9.17, 15) is 13.3 Å². The maximum atomic E-state index is 14.4. The second-order valence-electron chi connectivity index (χ2n) is 4.71. The van der Waals surface area contributed by atoms with Crippen LogP contribution in [0.25, 0.3) is 0 Å². The predicted octanol–water partition coefficient (Wildman–Crippen LogP) is 3.61. The molecule has 1 aromatic carbocycles. The molecule has 0 N–H and O–H groups in total. The Balaban J connectivity index is 3.01. The van der Waals surface area contributed by atoms with E-state index in [1.54, 1.807) is 58.0 Å². The van der Waals surface area contributed by atoms with Crippen molar-refractivity contribution < 1.29 is 22.4 Å². The van der Waals surface area contributed by atoms with E-state index < -0.39 is 39.3 Å². The molecule has 1 aromatic rings. The first kappa shape index (κ1) is 17.8. The van der Waals surface area contributed by atoms with E-state index in [-0.39, 0.29) is 0 Å². The molecule has 0 bridgehead atoms. The van der Waals surface area contributed by atoms with Gasteiger partial charge < -0.3 is 0 Å². The zero-order valence-electron chi connectivity index (χ0n) is 11.9. The van der Waals surface area contributed by atoms with E-state index in [0.29, 0.717) is 4.46 Å². The van der Waals surface area contributed by atoms with Crippen LogP contribution in [0.1, 0.15) is 27.7 Å². The Morgan fingerprint density at radius 1 is 1.05 bits per heavy atom. The van der Waals surface area contributed by atoms with Gasteiger partial charge in [-0.2, -0.15) is 0 Å². The third kappa shape index (κ3) is 4.94. The summed E-state index contributed by atoms with van der Waals surface area (Å²) in [6.07, 6.45) is -1.20. The summed E-state index contributed by atoms with van der Waals surface area (Å²) in [6, 6.07) is 8.26. The van der Waals surface area contributed by atoms with Crippen molar-refractivity contribution in [1.29, 1.82) is 0 Å². The quantitative estimate of drug-likeness (QED) is 0.543. The number of rotatable bonds is 7. The van der Waals surface area contributed by atoms with Gasteiger partial charge in [0.05, 0.1) is 0 Å². The fourth-order valence-electron chi connectivity index (χ4n) is 1.39. The van der Waals surface area contributed by atoms with Gasteiger partial charge in [-0.3, -0.25) is 0 Å². The zero-order chi connectivity index (χ0) is 15.4. The Morgan fingerprint density at radius 2 is 1.50 bits per heavy atom. The van der Waals surface area contributed by atoms with Gasteiger partial charge in [-0.25, -0.2) is 0 Å². The second-order valence-corrected chi connectivity index (χ2v) is 9.86. The molecule has 0 aliphatic carbocycles. The van der Waals surface area contributed by atoms with E-state index in [1.807, 2.05) is 0 Å². The molecule has 3 nitrogen and oxygen atoms in total. The average Bonchev–Trinajstić information content (AvgIpc) is 2.27. The van der Waals surface area contributed by atoms with Gasteiger partial charge >= 0.3 is 124 Å². The van der Waals surface area contributed by atoms with Crippen molar-refractivity contribution in [3.8, 4) is 0 Å².